The fraction of sp³-hybridized carbons (Fsp3) is 0.273. The number of carbonyl (C=O) groups is 2. The SMILES string of the molecule is O=C(O)C(CN1C=CC=CC=C1)C(C(=O)O)P(=O)(O)O. The van der Waals surface area contributed by atoms with Crippen molar-refractivity contribution in [2.75, 3.05) is 6.54 Å². The van der Waals surface area contributed by atoms with Crippen LogP contribution in [0.4, 0.5) is 0 Å². The van der Waals surface area contributed by atoms with Gasteiger partial charge in [-0.2, -0.15) is 0 Å². The van der Waals surface area contributed by atoms with Crippen LogP contribution in [0.1, 0.15) is 0 Å². The molecule has 1 aliphatic rings. The molecule has 0 saturated heterocycles. The molecule has 0 spiro atoms. The van der Waals surface area contributed by atoms with Gasteiger partial charge in [-0.15, -0.1) is 0 Å². The van der Waals surface area contributed by atoms with Crippen LogP contribution in [0.25, 0.3) is 0 Å². The van der Waals surface area contributed by atoms with E-state index in [1.807, 2.05) is 0 Å². The van der Waals surface area contributed by atoms with E-state index in [1.165, 1.54) is 17.3 Å². The van der Waals surface area contributed by atoms with Crippen molar-refractivity contribution in [1.29, 1.82) is 0 Å². The standard InChI is InChI=1S/C11H14NO7P/c13-10(14)8(9(11(15)16)20(17,18)19)7-12-5-3-1-2-4-6-12/h1-6,8-9H,7H2,(H,13,14)(H,15,16)(H2,17,18,19). The largest absolute Gasteiger partial charge is 0.481 e. The second-order valence-electron chi connectivity index (χ2n) is 4.08. The maximum Gasteiger partial charge on any atom is 0.340 e. The van der Waals surface area contributed by atoms with Crippen molar-refractivity contribution in [3.05, 3.63) is 36.7 Å². The molecule has 110 valence electrons. The monoisotopic (exact) mass is 303 g/mol. The van der Waals surface area contributed by atoms with Crippen molar-refractivity contribution >= 4 is 19.5 Å². The van der Waals surface area contributed by atoms with E-state index < -0.39 is 31.1 Å². The summed E-state index contributed by atoms with van der Waals surface area (Å²) in [5, 5.41) is 18.0. The highest BCUT2D eigenvalue weighted by molar-refractivity contribution is 7.53. The third-order valence-corrected chi connectivity index (χ3v) is 3.92. The Kier molecular flexibility index (Phi) is 5.26. The van der Waals surface area contributed by atoms with Gasteiger partial charge in [-0.3, -0.25) is 14.2 Å². The maximum atomic E-state index is 11.2. The first kappa shape index (κ1) is 16.2. The summed E-state index contributed by atoms with van der Waals surface area (Å²) >= 11 is 0. The average Bonchev–Trinajstić information content (AvgIpc) is 2.54. The van der Waals surface area contributed by atoms with Gasteiger partial charge in [-0.05, 0) is 12.2 Å². The molecule has 4 N–H and O–H groups in total. The fourth-order valence-electron chi connectivity index (χ4n) is 1.71. The Hall–Kier alpha value is -1.89. The summed E-state index contributed by atoms with van der Waals surface area (Å²) in [6, 6.07) is 0. The summed E-state index contributed by atoms with van der Waals surface area (Å²) in [5.41, 5.74) is -2.29. The zero-order valence-corrected chi connectivity index (χ0v) is 11.1. The van der Waals surface area contributed by atoms with Crippen molar-refractivity contribution < 1.29 is 34.2 Å². The molecule has 0 fully saturated rings. The first-order valence-electron chi connectivity index (χ1n) is 5.51. The van der Waals surface area contributed by atoms with Gasteiger partial charge < -0.3 is 24.9 Å². The topological polar surface area (TPSA) is 135 Å². The third-order valence-electron chi connectivity index (χ3n) is 2.61. The van der Waals surface area contributed by atoms with Gasteiger partial charge in [0.25, 0.3) is 0 Å². The summed E-state index contributed by atoms with van der Waals surface area (Å²) in [6.45, 7) is -0.369. The lowest BCUT2D eigenvalue weighted by atomic mass is 10.0. The molecule has 2 atom stereocenters. The van der Waals surface area contributed by atoms with E-state index in [0.29, 0.717) is 0 Å². The van der Waals surface area contributed by atoms with E-state index >= 15 is 0 Å². The van der Waals surface area contributed by atoms with Gasteiger partial charge in [-0.25, -0.2) is 0 Å². The molecule has 2 unspecified atom stereocenters. The molecule has 0 amide bonds. The zero-order valence-electron chi connectivity index (χ0n) is 10.2. The van der Waals surface area contributed by atoms with Gasteiger partial charge >= 0.3 is 19.5 Å². The molecule has 0 saturated carbocycles. The predicted molar refractivity (Wildman–Crippen MR) is 68.7 cm³/mol. The number of hydrogen-bond donors (Lipinski definition) is 4. The summed E-state index contributed by atoms with van der Waals surface area (Å²) in [5.74, 6) is -5.17. The smallest absolute Gasteiger partial charge is 0.340 e. The molecule has 0 aromatic carbocycles. The van der Waals surface area contributed by atoms with Crippen molar-refractivity contribution in [2.45, 2.75) is 5.66 Å². The lowest BCUT2D eigenvalue weighted by molar-refractivity contribution is -0.148. The Labute approximate surface area is 114 Å². The fourth-order valence-corrected chi connectivity index (χ4v) is 2.69. The second kappa shape index (κ2) is 6.51. The summed E-state index contributed by atoms with van der Waals surface area (Å²) in [6.07, 6.45) is 9.48. The van der Waals surface area contributed by atoms with E-state index in [-0.39, 0.29) is 6.54 Å². The van der Waals surface area contributed by atoms with E-state index in [9.17, 15) is 14.2 Å². The minimum absolute atomic E-state index is 0.369. The Bertz CT molecular complexity index is 503. The quantitative estimate of drug-likeness (QED) is 0.512. The van der Waals surface area contributed by atoms with Crippen LogP contribution in [0.2, 0.25) is 0 Å². The molecule has 0 bridgehead atoms. The van der Waals surface area contributed by atoms with Crippen LogP contribution < -0.4 is 0 Å². The van der Waals surface area contributed by atoms with E-state index in [0.717, 1.165) is 0 Å². The van der Waals surface area contributed by atoms with Gasteiger partial charge in [-0.1, -0.05) is 12.2 Å². The molecule has 8 nitrogen and oxygen atoms in total. The van der Waals surface area contributed by atoms with Crippen LogP contribution in [0.5, 0.6) is 0 Å². The Balaban J connectivity index is 3.01. The molecule has 0 aromatic heterocycles. The van der Waals surface area contributed by atoms with Gasteiger partial charge in [0.05, 0.1) is 5.92 Å². The van der Waals surface area contributed by atoms with Crippen LogP contribution in [0.15, 0.2) is 36.7 Å². The van der Waals surface area contributed by atoms with E-state index in [4.69, 9.17) is 20.0 Å². The van der Waals surface area contributed by atoms with Crippen LogP contribution in [0, 0.1) is 5.92 Å². The maximum absolute atomic E-state index is 11.2. The highest BCUT2D eigenvalue weighted by Gasteiger charge is 2.46. The highest BCUT2D eigenvalue weighted by atomic mass is 31.2. The number of nitrogens with zero attached hydrogens (tertiary/aromatic N) is 1. The Morgan fingerprint density at radius 1 is 1.00 bits per heavy atom. The third kappa shape index (κ3) is 4.34. The number of hydrogen-bond acceptors (Lipinski definition) is 4. The Morgan fingerprint density at radius 3 is 1.85 bits per heavy atom. The number of aliphatic carboxylic acids is 2. The van der Waals surface area contributed by atoms with Crippen LogP contribution in [-0.2, 0) is 14.2 Å². The van der Waals surface area contributed by atoms with Gasteiger partial charge in [0.15, 0.2) is 5.66 Å². The van der Waals surface area contributed by atoms with Gasteiger partial charge in [0.2, 0.25) is 0 Å². The number of carboxylic acid groups (broad SMARTS) is 2. The number of carboxylic acids is 2. The van der Waals surface area contributed by atoms with E-state index in [1.54, 1.807) is 24.3 Å². The van der Waals surface area contributed by atoms with Gasteiger partial charge in [0, 0.05) is 18.9 Å². The lowest BCUT2D eigenvalue weighted by Crippen LogP contribution is -2.40. The molecular formula is C11H14NO7P. The molecule has 1 heterocycles. The minimum atomic E-state index is -5.09. The van der Waals surface area contributed by atoms with Crippen molar-refractivity contribution in [2.24, 2.45) is 5.92 Å². The molecule has 0 radical (unpaired) electrons. The minimum Gasteiger partial charge on any atom is -0.481 e. The average molecular weight is 303 g/mol. The second-order valence-corrected chi connectivity index (χ2v) is 5.82. The van der Waals surface area contributed by atoms with E-state index in [2.05, 4.69) is 0 Å². The van der Waals surface area contributed by atoms with Gasteiger partial charge in [0.1, 0.15) is 0 Å². The van der Waals surface area contributed by atoms with Crippen molar-refractivity contribution in [1.82, 2.24) is 4.90 Å². The van der Waals surface area contributed by atoms with Crippen molar-refractivity contribution in [3.8, 4) is 0 Å². The molecular weight excluding hydrogens is 289 g/mol. The molecule has 1 aliphatic heterocycles. The first-order chi connectivity index (χ1) is 9.23. The molecule has 9 heteroatoms. The number of rotatable bonds is 6. The Morgan fingerprint density at radius 2 is 1.50 bits per heavy atom. The summed E-state index contributed by atoms with van der Waals surface area (Å²) in [7, 11) is -5.09. The van der Waals surface area contributed by atoms with Crippen LogP contribution >= 0.6 is 7.60 Å². The highest BCUT2D eigenvalue weighted by Crippen LogP contribution is 2.45. The molecule has 0 aromatic rings. The number of allylic oxidation sites excluding steroid dienone is 4. The summed E-state index contributed by atoms with van der Waals surface area (Å²) < 4.78 is 11.2. The zero-order chi connectivity index (χ0) is 15.3. The van der Waals surface area contributed by atoms with Crippen LogP contribution in [-0.4, -0.2) is 49.0 Å². The molecule has 1 rings (SSSR count). The normalized spacial score (nSPS) is 17.6. The van der Waals surface area contributed by atoms with Crippen LogP contribution in [0.3, 0.4) is 0 Å². The lowest BCUT2D eigenvalue weighted by Gasteiger charge is -2.25. The molecule has 20 heavy (non-hydrogen) atoms. The van der Waals surface area contributed by atoms with Crippen molar-refractivity contribution in [3.63, 3.8) is 0 Å². The summed E-state index contributed by atoms with van der Waals surface area (Å²) in [4.78, 5) is 41.6. The first-order valence-corrected chi connectivity index (χ1v) is 7.20. The molecule has 0 aliphatic carbocycles. The predicted octanol–water partition coefficient (Wildman–Crippen LogP) is 0.217.